The number of aromatic nitrogens is 4. The fourth-order valence-corrected chi connectivity index (χ4v) is 2.54. The number of nitrogens with zero attached hydrogens (tertiary/aromatic N) is 5. The topological polar surface area (TPSA) is 75.4 Å². The van der Waals surface area contributed by atoms with E-state index < -0.39 is 0 Å². The van der Waals surface area contributed by atoms with Crippen LogP contribution in [-0.4, -0.2) is 44.3 Å². The van der Waals surface area contributed by atoms with Gasteiger partial charge < -0.3 is 10.2 Å². The van der Waals surface area contributed by atoms with Gasteiger partial charge in [-0.25, -0.2) is 0 Å². The van der Waals surface area contributed by atoms with E-state index in [1.54, 1.807) is 10.8 Å². The van der Waals surface area contributed by atoms with E-state index in [1.807, 2.05) is 32.9 Å². The molecule has 1 N–H and O–H groups in total. The molecule has 7 nitrogen and oxygen atoms in total. The van der Waals surface area contributed by atoms with Gasteiger partial charge in [-0.2, -0.15) is 4.52 Å². The van der Waals surface area contributed by atoms with E-state index in [4.69, 9.17) is 0 Å². The fraction of sp³-hybridized carbons (Fsp3) is 0.571. The standard InChI is InChI=1S/C14H20N6O/c1-14(2,3)16-13(21)10-6-7-19(8-10)12-5-4-11-17-15-9-20(11)18-12/h4-5,9-10H,6-8H2,1-3H3,(H,16,21). The largest absolute Gasteiger partial charge is 0.354 e. The lowest BCUT2D eigenvalue weighted by Gasteiger charge is -2.23. The van der Waals surface area contributed by atoms with Crippen molar-refractivity contribution in [2.24, 2.45) is 5.92 Å². The molecule has 7 heteroatoms. The van der Waals surface area contributed by atoms with Gasteiger partial charge in [0.2, 0.25) is 5.91 Å². The van der Waals surface area contributed by atoms with Crippen LogP contribution in [0.1, 0.15) is 27.2 Å². The minimum atomic E-state index is -0.190. The van der Waals surface area contributed by atoms with E-state index in [9.17, 15) is 4.79 Å². The smallest absolute Gasteiger partial charge is 0.225 e. The zero-order chi connectivity index (χ0) is 15.0. The van der Waals surface area contributed by atoms with Crippen molar-refractivity contribution in [2.45, 2.75) is 32.7 Å². The van der Waals surface area contributed by atoms with Gasteiger partial charge in [0, 0.05) is 18.6 Å². The normalized spacial score (nSPS) is 19.2. The molecule has 1 amide bonds. The Hall–Kier alpha value is -2.18. The SMILES string of the molecule is CC(C)(C)NC(=O)C1CCN(c2ccc3nncn3n2)C1. The summed E-state index contributed by atoms with van der Waals surface area (Å²) in [6, 6.07) is 3.81. The second kappa shape index (κ2) is 4.98. The van der Waals surface area contributed by atoms with Gasteiger partial charge in [0.15, 0.2) is 5.65 Å². The summed E-state index contributed by atoms with van der Waals surface area (Å²) in [5.74, 6) is 0.992. The number of hydrogen-bond acceptors (Lipinski definition) is 5. The minimum absolute atomic E-state index is 0.0163. The third-order valence-electron chi connectivity index (χ3n) is 3.53. The number of rotatable bonds is 2. The first-order valence-corrected chi connectivity index (χ1v) is 7.16. The number of carbonyl (C=O) groups is 1. The number of carbonyl (C=O) groups excluding carboxylic acids is 1. The van der Waals surface area contributed by atoms with Crippen molar-refractivity contribution in [3.05, 3.63) is 18.5 Å². The van der Waals surface area contributed by atoms with Crippen LogP contribution >= 0.6 is 0 Å². The van der Waals surface area contributed by atoms with Crippen molar-refractivity contribution >= 4 is 17.4 Å². The molecule has 1 unspecified atom stereocenters. The summed E-state index contributed by atoms with van der Waals surface area (Å²) in [6.45, 7) is 7.53. The summed E-state index contributed by atoms with van der Waals surface area (Å²) >= 11 is 0. The molecule has 21 heavy (non-hydrogen) atoms. The van der Waals surface area contributed by atoms with Crippen molar-refractivity contribution < 1.29 is 4.79 Å². The monoisotopic (exact) mass is 288 g/mol. The first-order valence-electron chi connectivity index (χ1n) is 7.16. The van der Waals surface area contributed by atoms with Crippen LogP contribution in [0.25, 0.3) is 5.65 Å². The number of nitrogens with one attached hydrogen (secondary N) is 1. The van der Waals surface area contributed by atoms with Crippen molar-refractivity contribution in [2.75, 3.05) is 18.0 Å². The van der Waals surface area contributed by atoms with E-state index >= 15 is 0 Å². The van der Waals surface area contributed by atoms with Gasteiger partial charge in [-0.1, -0.05) is 0 Å². The van der Waals surface area contributed by atoms with Crippen LogP contribution in [0.4, 0.5) is 5.82 Å². The van der Waals surface area contributed by atoms with Crippen LogP contribution in [0, 0.1) is 5.92 Å². The average Bonchev–Trinajstić information content (AvgIpc) is 3.05. The van der Waals surface area contributed by atoms with Crippen LogP contribution in [0.3, 0.4) is 0 Å². The molecular weight excluding hydrogens is 268 g/mol. The van der Waals surface area contributed by atoms with E-state index in [1.165, 1.54) is 0 Å². The summed E-state index contributed by atoms with van der Waals surface area (Å²) in [4.78, 5) is 14.4. The quantitative estimate of drug-likeness (QED) is 0.887. The lowest BCUT2D eigenvalue weighted by atomic mass is 10.0. The average molecular weight is 288 g/mol. The first kappa shape index (κ1) is 13.8. The maximum Gasteiger partial charge on any atom is 0.225 e. The van der Waals surface area contributed by atoms with Crippen LogP contribution in [0.2, 0.25) is 0 Å². The van der Waals surface area contributed by atoms with Crippen LogP contribution < -0.4 is 10.2 Å². The highest BCUT2D eigenvalue weighted by molar-refractivity contribution is 5.80. The molecule has 3 rings (SSSR count). The molecule has 112 valence electrons. The molecule has 1 saturated heterocycles. The molecule has 3 heterocycles. The first-order chi connectivity index (χ1) is 9.92. The van der Waals surface area contributed by atoms with E-state index in [-0.39, 0.29) is 17.4 Å². The molecule has 0 radical (unpaired) electrons. The Kier molecular flexibility index (Phi) is 3.27. The molecule has 0 aliphatic carbocycles. The predicted octanol–water partition coefficient (Wildman–Crippen LogP) is 0.865. The molecule has 1 atom stereocenters. The molecular formula is C14H20N6O. The van der Waals surface area contributed by atoms with Gasteiger partial charge in [0.25, 0.3) is 0 Å². The molecule has 2 aromatic heterocycles. The Bertz CT molecular complexity index is 659. The second-order valence-corrected chi connectivity index (χ2v) is 6.50. The van der Waals surface area contributed by atoms with Crippen molar-refractivity contribution in [1.82, 2.24) is 25.1 Å². The third kappa shape index (κ3) is 2.96. The van der Waals surface area contributed by atoms with Crippen LogP contribution in [-0.2, 0) is 4.79 Å². The summed E-state index contributed by atoms with van der Waals surface area (Å²) in [7, 11) is 0. The van der Waals surface area contributed by atoms with E-state index in [0.29, 0.717) is 6.54 Å². The summed E-state index contributed by atoms with van der Waals surface area (Å²) in [5.41, 5.74) is 0.532. The van der Waals surface area contributed by atoms with E-state index in [2.05, 4.69) is 25.5 Å². The lowest BCUT2D eigenvalue weighted by Crippen LogP contribution is -2.44. The summed E-state index contributed by atoms with van der Waals surface area (Å²) in [5, 5.41) is 15.3. The Morgan fingerprint density at radius 1 is 1.38 bits per heavy atom. The lowest BCUT2D eigenvalue weighted by molar-refractivity contribution is -0.125. The van der Waals surface area contributed by atoms with Gasteiger partial charge in [-0.3, -0.25) is 4.79 Å². The Labute approximate surface area is 123 Å². The highest BCUT2D eigenvalue weighted by atomic mass is 16.2. The molecule has 1 fully saturated rings. The fourth-order valence-electron chi connectivity index (χ4n) is 2.54. The molecule has 0 aromatic carbocycles. The zero-order valence-corrected chi connectivity index (χ0v) is 12.6. The van der Waals surface area contributed by atoms with E-state index in [0.717, 1.165) is 24.4 Å². The van der Waals surface area contributed by atoms with Crippen molar-refractivity contribution in [3.8, 4) is 0 Å². The second-order valence-electron chi connectivity index (χ2n) is 6.50. The number of fused-ring (bicyclic) bond motifs is 1. The molecule has 1 aliphatic rings. The van der Waals surface area contributed by atoms with Gasteiger partial charge >= 0.3 is 0 Å². The molecule has 1 aliphatic heterocycles. The van der Waals surface area contributed by atoms with Gasteiger partial charge in [0.05, 0.1) is 5.92 Å². The molecule has 0 saturated carbocycles. The highest BCUT2D eigenvalue weighted by Gasteiger charge is 2.30. The van der Waals surface area contributed by atoms with Crippen LogP contribution in [0.15, 0.2) is 18.5 Å². The molecule has 0 bridgehead atoms. The molecule has 2 aromatic rings. The Morgan fingerprint density at radius 2 is 2.19 bits per heavy atom. The van der Waals surface area contributed by atoms with Crippen molar-refractivity contribution in [3.63, 3.8) is 0 Å². The number of amides is 1. The third-order valence-corrected chi connectivity index (χ3v) is 3.53. The maximum absolute atomic E-state index is 12.2. The van der Waals surface area contributed by atoms with Crippen molar-refractivity contribution in [1.29, 1.82) is 0 Å². The highest BCUT2D eigenvalue weighted by Crippen LogP contribution is 2.22. The summed E-state index contributed by atoms with van der Waals surface area (Å²) in [6.07, 6.45) is 2.43. The maximum atomic E-state index is 12.2. The Morgan fingerprint density at radius 3 is 2.95 bits per heavy atom. The minimum Gasteiger partial charge on any atom is -0.354 e. The van der Waals surface area contributed by atoms with Crippen LogP contribution in [0.5, 0.6) is 0 Å². The zero-order valence-electron chi connectivity index (χ0n) is 12.6. The number of hydrogen-bond donors (Lipinski definition) is 1. The van der Waals surface area contributed by atoms with Gasteiger partial charge in [-0.15, -0.1) is 15.3 Å². The molecule has 0 spiro atoms. The van der Waals surface area contributed by atoms with Gasteiger partial charge in [-0.05, 0) is 39.3 Å². The van der Waals surface area contributed by atoms with Gasteiger partial charge in [0.1, 0.15) is 12.1 Å². The number of anilines is 1. The predicted molar refractivity (Wildman–Crippen MR) is 79.0 cm³/mol. The Balaban J connectivity index is 1.70. The summed E-state index contributed by atoms with van der Waals surface area (Å²) < 4.78 is 1.65.